The molecule has 0 spiro atoms. The van der Waals surface area contributed by atoms with Gasteiger partial charge < -0.3 is 10.2 Å². The maximum Gasteiger partial charge on any atom is 0.342 e. The summed E-state index contributed by atoms with van der Waals surface area (Å²) < 4.78 is 0. The lowest BCUT2D eigenvalue weighted by molar-refractivity contribution is -0.130. The summed E-state index contributed by atoms with van der Waals surface area (Å²) >= 11 is 9.61. The molecule has 0 aromatic carbocycles. The molecule has 1 rings (SSSR count). The molecular weight excluding hydrogens is 272 g/mol. The number of carboxylic acid groups (broad SMARTS) is 2. The first kappa shape index (κ1) is 15.2. The third-order valence-electron chi connectivity index (χ3n) is 3.32. The van der Waals surface area contributed by atoms with Crippen molar-refractivity contribution in [2.75, 3.05) is 0 Å². The van der Waals surface area contributed by atoms with Gasteiger partial charge in [-0.2, -0.15) is 0 Å². The molecule has 6 heteroatoms. The molecule has 1 saturated carbocycles. The number of hydrogen-bond acceptors (Lipinski definition) is 4. The van der Waals surface area contributed by atoms with Crippen molar-refractivity contribution in [1.29, 1.82) is 0 Å². The average molecular weight is 288 g/mol. The molecule has 1 aliphatic rings. The van der Waals surface area contributed by atoms with Crippen LogP contribution in [0.2, 0.25) is 0 Å². The number of carboxylic acids is 2. The van der Waals surface area contributed by atoms with Gasteiger partial charge in [0.05, 0.1) is 0 Å². The highest BCUT2D eigenvalue weighted by Gasteiger charge is 2.26. The van der Waals surface area contributed by atoms with Gasteiger partial charge in [-0.1, -0.05) is 43.7 Å². The average Bonchev–Trinajstić information content (AvgIpc) is 2.29. The third kappa shape index (κ3) is 4.78. The zero-order valence-electron chi connectivity index (χ0n) is 9.92. The molecule has 0 aliphatic heterocycles. The molecule has 2 atom stereocenters. The highest BCUT2D eigenvalue weighted by Crippen LogP contribution is 2.33. The van der Waals surface area contributed by atoms with Gasteiger partial charge >= 0.3 is 11.9 Å². The Hall–Kier alpha value is -0.880. The van der Waals surface area contributed by atoms with Crippen molar-refractivity contribution in [3.05, 3.63) is 0 Å². The van der Waals surface area contributed by atoms with Crippen LogP contribution in [0.5, 0.6) is 0 Å². The first-order valence-corrected chi connectivity index (χ1v) is 6.74. The second-order valence-corrected chi connectivity index (χ2v) is 5.75. The number of carbonyl (C=O) groups is 2. The van der Waals surface area contributed by atoms with Crippen LogP contribution in [0, 0.1) is 11.8 Å². The van der Waals surface area contributed by atoms with Crippen LogP contribution < -0.4 is 0 Å². The number of rotatable bonds is 6. The molecule has 0 saturated heterocycles. The summed E-state index contributed by atoms with van der Waals surface area (Å²) in [6, 6.07) is 0. The predicted molar refractivity (Wildman–Crippen MR) is 75.1 cm³/mol. The van der Waals surface area contributed by atoms with Gasteiger partial charge in [0.15, 0.2) is 0 Å². The van der Waals surface area contributed by atoms with Crippen LogP contribution in [0.25, 0.3) is 0 Å². The summed E-state index contributed by atoms with van der Waals surface area (Å²) in [5.41, 5.74) is 0. The van der Waals surface area contributed by atoms with E-state index in [1.807, 2.05) is 0 Å². The van der Waals surface area contributed by atoms with E-state index in [0.717, 1.165) is 25.7 Å². The fourth-order valence-corrected chi connectivity index (χ4v) is 2.94. The molecule has 18 heavy (non-hydrogen) atoms. The molecular formula is C12H16O4S2. The van der Waals surface area contributed by atoms with Crippen molar-refractivity contribution in [1.82, 2.24) is 0 Å². The van der Waals surface area contributed by atoms with E-state index in [9.17, 15) is 9.59 Å². The Bertz CT molecular complexity index is 344. The molecule has 0 amide bonds. The van der Waals surface area contributed by atoms with Crippen LogP contribution in [-0.2, 0) is 9.59 Å². The minimum absolute atomic E-state index is 0.0708. The van der Waals surface area contributed by atoms with Gasteiger partial charge in [0, 0.05) is 0 Å². The van der Waals surface area contributed by atoms with Crippen molar-refractivity contribution in [2.45, 2.75) is 38.5 Å². The van der Waals surface area contributed by atoms with Crippen molar-refractivity contribution in [3.63, 3.8) is 0 Å². The second kappa shape index (κ2) is 6.89. The molecule has 0 aromatic rings. The predicted octanol–water partition coefficient (Wildman–Crippen LogP) is 2.48. The van der Waals surface area contributed by atoms with Gasteiger partial charge in [-0.05, 0) is 31.1 Å². The lowest BCUT2D eigenvalue weighted by Crippen LogP contribution is -2.24. The summed E-state index contributed by atoms with van der Waals surface area (Å²) in [6.07, 6.45) is 4.57. The van der Waals surface area contributed by atoms with E-state index in [2.05, 4.69) is 0 Å². The van der Waals surface area contributed by atoms with Crippen LogP contribution in [0.1, 0.15) is 38.5 Å². The lowest BCUT2D eigenvalue weighted by Gasteiger charge is -2.28. The smallest absolute Gasteiger partial charge is 0.342 e. The number of thiocarbonyl (C=S) groups is 2. The van der Waals surface area contributed by atoms with E-state index in [-0.39, 0.29) is 21.6 Å². The summed E-state index contributed by atoms with van der Waals surface area (Å²) in [6.45, 7) is 0. The summed E-state index contributed by atoms with van der Waals surface area (Å²) in [5, 5.41) is 17.5. The maximum atomic E-state index is 10.7. The Kier molecular flexibility index (Phi) is 5.81. The van der Waals surface area contributed by atoms with Gasteiger partial charge in [-0.25, -0.2) is 9.59 Å². The Labute approximate surface area is 116 Å². The highest BCUT2D eigenvalue weighted by molar-refractivity contribution is 7.82. The van der Waals surface area contributed by atoms with Gasteiger partial charge in [0.2, 0.25) is 0 Å². The topological polar surface area (TPSA) is 74.6 Å². The Morgan fingerprint density at radius 3 is 1.67 bits per heavy atom. The van der Waals surface area contributed by atoms with Crippen LogP contribution in [0.4, 0.5) is 0 Å². The summed E-state index contributed by atoms with van der Waals surface area (Å²) in [5.74, 6) is -1.53. The van der Waals surface area contributed by atoms with Gasteiger partial charge in [0.25, 0.3) is 0 Å². The molecule has 0 bridgehead atoms. The van der Waals surface area contributed by atoms with E-state index >= 15 is 0 Å². The SMILES string of the molecule is O=C(O)C(=S)C[C@@H]1CCC[C@@H](CC(=S)C(=O)O)C1. The van der Waals surface area contributed by atoms with Crippen LogP contribution in [0.15, 0.2) is 0 Å². The molecule has 0 radical (unpaired) electrons. The van der Waals surface area contributed by atoms with E-state index in [4.69, 9.17) is 34.6 Å². The summed E-state index contributed by atoms with van der Waals surface area (Å²) in [4.78, 5) is 21.5. The Morgan fingerprint density at radius 2 is 1.33 bits per heavy atom. The fourth-order valence-electron chi connectivity index (χ4n) is 2.47. The van der Waals surface area contributed by atoms with Crippen LogP contribution >= 0.6 is 24.4 Å². The van der Waals surface area contributed by atoms with Crippen molar-refractivity contribution in [2.24, 2.45) is 11.8 Å². The normalized spacial score (nSPS) is 23.3. The lowest BCUT2D eigenvalue weighted by atomic mass is 9.77. The van der Waals surface area contributed by atoms with Crippen molar-refractivity contribution in [3.8, 4) is 0 Å². The summed E-state index contributed by atoms with van der Waals surface area (Å²) in [7, 11) is 0. The molecule has 1 fully saturated rings. The van der Waals surface area contributed by atoms with Gasteiger partial charge in [0.1, 0.15) is 9.73 Å². The molecule has 4 nitrogen and oxygen atoms in total. The molecule has 0 unspecified atom stereocenters. The first-order chi connectivity index (χ1) is 8.40. The Morgan fingerprint density at radius 1 is 0.944 bits per heavy atom. The first-order valence-electron chi connectivity index (χ1n) is 5.92. The molecule has 100 valence electrons. The zero-order chi connectivity index (χ0) is 13.7. The molecule has 2 N–H and O–H groups in total. The minimum atomic E-state index is -1.02. The monoisotopic (exact) mass is 288 g/mol. The van der Waals surface area contributed by atoms with Crippen LogP contribution in [0.3, 0.4) is 0 Å². The van der Waals surface area contributed by atoms with Gasteiger partial charge in [-0.15, -0.1) is 0 Å². The van der Waals surface area contributed by atoms with E-state index in [1.165, 1.54) is 0 Å². The maximum absolute atomic E-state index is 10.7. The van der Waals surface area contributed by atoms with Gasteiger partial charge in [-0.3, -0.25) is 0 Å². The fraction of sp³-hybridized carbons (Fsp3) is 0.667. The zero-order valence-corrected chi connectivity index (χ0v) is 11.6. The quantitative estimate of drug-likeness (QED) is 0.731. The van der Waals surface area contributed by atoms with E-state index in [1.54, 1.807) is 0 Å². The van der Waals surface area contributed by atoms with Crippen molar-refractivity contribution < 1.29 is 19.8 Å². The third-order valence-corrected chi connectivity index (χ3v) is 4.00. The second-order valence-electron chi connectivity index (χ2n) is 4.76. The molecule has 0 aromatic heterocycles. The van der Waals surface area contributed by atoms with E-state index < -0.39 is 11.9 Å². The standard InChI is InChI=1S/C12H16O4S2/c13-11(14)9(17)5-7-2-1-3-8(4-7)6-10(18)12(15)16/h7-8H,1-6H2,(H,13,14)(H,15,16)/t7-,8-/m1/s1. The van der Waals surface area contributed by atoms with Crippen LogP contribution in [-0.4, -0.2) is 31.9 Å². The number of aliphatic carboxylic acids is 2. The largest absolute Gasteiger partial charge is 0.477 e. The molecule has 1 aliphatic carbocycles. The highest BCUT2D eigenvalue weighted by atomic mass is 32.1. The minimum Gasteiger partial charge on any atom is -0.477 e. The van der Waals surface area contributed by atoms with Crippen molar-refractivity contribution >= 4 is 46.1 Å². The molecule has 0 heterocycles. The Balaban J connectivity index is 2.46. The van der Waals surface area contributed by atoms with E-state index in [0.29, 0.717) is 12.8 Å². The number of hydrogen-bond donors (Lipinski definition) is 2.